The number of alkyl halides is 3. The molecule has 0 radical (unpaired) electrons. The van der Waals surface area contributed by atoms with Gasteiger partial charge in [-0.1, -0.05) is 0 Å². The summed E-state index contributed by atoms with van der Waals surface area (Å²) in [5.41, 5.74) is 0.747. The van der Waals surface area contributed by atoms with E-state index in [0.29, 0.717) is 50.2 Å². The van der Waals surface area contributed by atoms with Crippen molar-refractivity contribution in [3.8, 4) is 0 Å². The van der Waals surface area contributed by atoms with Crippen LogP contribution in [0.25, 0.3) is 0 Å². The summed E-state index contributed by atoms with van der Waals surface area (Å²) in [4.78, 5) is 49.3. The van der Waals surface area contributed by atoms with Gasteiger partial charge in [-0.25, -0.2) is 32.6 Å². The summed E-state index contributed by atoms with van der Waals surface area (Å²) in [6.45, 7) is 2.64. The molecule has 21 heteroatoms. The molecule has 0 spiro atoms. The average Bonchev–Trinajstić information content (AvgIpc) is 3.11. The second kappa shape index (κ2) is 15.1. The normalized spacial score (nSPS) is 15.7. The fourth-order valence-electron chi connectivity index (χ4n) is 5.67. The lowest BCUT2D eigenvalue weighted by atomic mass is 10.2. The lowest BCUT2D eigenvalue weighted by Gasteiger charge is -2.36. The number of anilines is 6. The summed E-state index contributed by atoms with van der Waals surface area (Å²) in [5, 5.41) is 7.76. The second-order valence-corrected chi connectivity index (χ2v) is 14.2. The number of carbonyl (C=O) groups excluding carboxylic acids is 2. The molecule has 0 bridgehead atoms. The molecule has 2 saturated heterocycles. The molecular weight excluding hydrogens is 724 g/mol. The number of benzene rings is 1. The van der Waals surface area contributed by atoms with E-state index in [4.69, 9.17) is 0 Å². The third-order valence-corrected chi connectivity index (χ3v) is 9.74. The Bertz CT molecular complexity index is 2100. The first kappa shape index (κ1) is 37.1. The SMILES string of the molecule is CN(c1nccnc1CNc1nc(Nc2ccc(N3CCN(Cc4cc(N5CCC(=O)NC5=O)ncc4F)CC3)cc2)ncc1C(F)(F)F)S(C)(=O)=O. The molecule has 2 fully saturated rings. The van der Waals surface area contributed by atoms with Crippen LogP contribution >= 0.6 is 0 Å². The molecule has 1 aromatic carbocycles. The van der Waals surface area contributed by atoms with Crippen molar-refractivity contribution in [3.63, 3.8) is 0 Å². The summed E-state index contributed by atoms with van der Waals surface area (Å²) < 4.78 is 81.3. The highest BCUT2D eigenvalue weighted by atomic mass is 32.2. The Kier molecular flexibility index (Phi) is 10.6. The highest BCUT2D eigenvalue weighted by molar-refractivity contribution is 7.92. The first-order valence-electron chi connectivity index (χ1n) is 16.2. The maximum absolute atomic E-state index is 14.7. The Labute approximate surface area is 301 Å². The van der Waals surface area contributed by atoms with Crippen LogP contribution in [0, 0.1) is 5.82 Å². The Balaban J connectivity index is 1.07. The van der Waals surface area contributed by atoms with E-state index in [9.17, 15) is 35.6 Å². The molecule has 0 unspecified atom stereocenters. The fraction of sp³-hybridized carbons (Fsp3) is 0.344. The van der Waals surface area contributed by atoms with Crippen LogP contribution in [0.15, 0.2) is 55.1 Å². The number of nitrogens with one attached hydrogen (secondary N) is 3. The molecule has 0 atom stereocenters. The number of pyridine rings is 1. The van der Waals surface area contributed by atoms with Gasteiger partial charge in [0.15, 0.2) is 5.82 Å². The second-order valence-electron chi connectivity index (χ2n) is 12.2. The van der Waals surface area contributed by atoms with Crippen molar-refractivity contribution in [1.29, 1.82) is 0 Å². The topological polar surface area (TPSA) is 182 Å². The van der Waals surface area contributed by atoms with E-state index in [-0.39, 0.29) is 48.7 Å². The molecule has 0 saturated carbocycles. The number of aromatic nitrogens is 5. The zero-order valence-corrected chi connectivity index (χ0v) is 29.2. The molecule has 5 heterocycles. The number of hydrogen-bond acceptors (Lipinski definition) is 13. The Hall–Kier alpha value is -5.70. The minimum absolute atomic E-state index is 0.0494. The van der Waals surface area contributed by atoms with Crippen molar-refractivity contribution < 1.29 is 35.6 Å². The zero-order chi connectivity index (χ0) is 37.9. The smallest absolute Gasteiger partial charge is 0.369 e. The number of carbonyl (C=O) groups is 2. The van der Waals surface area contributed by atoms with E-state index in [1.165, 1.54) is 30.4 Å². The van der Waals surface area contributed by atoms with E-state index in [1.54, 1.807) is 12.1 Å². The number of piperazine rings is 1. The van der Waals surface area contributed by atoms with Gasteiger partial charge in [-0.2, -0.15) is 18.2 Å². The number of sulfonamides is 1. The van der Waals surface area contributed by atoms with E-state index < -0.39 is 39.4 Å². The van der Waals surface area contributed by atoms with Crippen LogP contribution in [0.2, 0.25) is 0 Å². The summed E-state index contributed by atoms with van der Waals surface area (Å²) in [6.07, 6.45) is 0.595. The van der Waals surface area contributed by atoms with Crippen molar-refractivity contribution in [1.82, 2.24) is 35.1 Å². The molecular formula is C32H34F4N12O4S. The Morgan fingerprint density at radius 3 is 2.36 bits per heavy atom. The van der Waals surface area contributed by atoms with Crippen molar-refractivity contribution in [3.05, 3.63) is 77.8 Å². The minimum atomic E-state index is -4.79. The standard InChI is InChI=1S/C32H34F4N12O4S/c1-45(53(2,51)52)29-25(37-8-9-38-29)18-40-28-23(32(34,35)36)16-41-30(44-28)42-21-3-5-22(6-4-21)47-13-11-46(12-14-47)19-20-15-26(39-17-24(20)33)48-10-7-27(49)43-31(48)50/h3-6,8-9,15-17H,7,10-14,18-19H2,1-2H3,(H,43,49,50)(H2,40,41,42,44). The van der Waals surface area contributed by atoms with Crippen LogP contribution in [0.3, 0.4) is 0 Å². The molecule has 2 aliphatic heterocycles. The zero-order valence-electron chi connectivity index (χ0n) is 28.4. The van der Waals surface area contributed by atoms with Gasteiger partial charge in [0, 0.05) is 88.3 Å². The van der Waals surface area contributed by atoms with Gasteiger partial charge in [-0.15, -0.1) is 0 Å². The number of hydrogen-bond donors (Lipinski definition) is 3. The van der Waals surface area contributed by atoms with E-state index in [1.807, 2.05) is 12.1 Å². The van der Waals surface area contributed by atoms with E-state index in [2.05, 4.69) is 50.7 Å². The summed E-state index contributed by atoms with van der Waals surface area (Å²) >= 11 is 0. The Morgan fingerprint density at radius 1 is 0.962 bits per heavy atom. The van der Waals surface area contributed by atoms with Crippen LogP contribution in [0.1, 0.15) is 23.2 Å². The van der Waals surface area contributed by atoms with Gasteiger partial charge in [0.05, 0.1) is 19.0 Å². The van der Waals surface area contributed by atoms with Gasteiger partial charge in [0.2, 0.25) is 21.9 Å². The molecule has 16 nitrogen and oxygen atoms in total. The minimum Gasteiger partial charge on any atom is -0.369 e. The van der Waals surface area contributed by atoms with Crippen molar-refractivity contribution in [2.75, 3.05) is 70.8 Å². The molecule has 3 N–H and O–H groups in total. The first-order chi connectivity index (χ1) is 25.2. The maximum atomic E-state index is 14.7. The lowest BCUT2D eigenvalue weighted by Crippen LogP contribution is -2.50. The van der Waals surface area contributed by atoms with Gasteiger partial charge in [-0.05, 0) is 30.3 Å². The molecule has 3 amide bonds. The number of urea groups is 1. The summed E-state index contributed by atoms with van der Waals surface area (Å²) in [6, 6.07) is 8.09. The van der Waals surface area contributed by atoms with Crippen LogP contribution in [0.4, 0.5) is 57.1 Å². The monoisotopic (exact) mass is 758 g/mol. The third kappa shape index (κ3) is 8.85. The van der Waals surface area contributed by atoms with Gasteiger partial charge >= 0.3 is 12.2 Å². The maximum Gasteiger partial charge on any atom is 0.421 e. The number of halogens is 4. The fourth-order valence-corrected chi connectivity index (χ4v) is 6.13. The molecule has 53 heavy (non-hydrogen) atoms. The number of rotatable bonds is 11. The van der Waals surface area contributed by atoms with Gasteiger partial charge in [-0.3, -0.25) is 29.2 Å². The van der Waals surface area contributed by atoms with E-state index >= 15 is 0 Å². The van der Waals surface area contributed by atoms with Crippen LogP contribution < -0.4 is 30.1 Å². The van der Waals surface area contributed by atoms with Gasteiger partial charge < -0.3 is 15.5 Å². The van der Waals surface area contributed by atoms with Crippen molar-refractivity contribution >= 4 is 56.7 Å². The number of nitrogens with zero attached hydrogens (tertiary/aromatic N) is 9. The van der Waals surface area contributed by atoms with Crippen LogP contribution in [-0.4, -0.2) is 96.2 Å². The first-order valence-corrected chi connectivity index (χ1v) is 18.0. The molecule has 3 aromatic heterocycles. The predicted octanol–water partition coefficient (Wildman–Crippen LogP) is 3.34. The summed E-state index contributed by atoms with van der Waals surface area (Å²) in [5.74, 6) is -1.31. The summed E-state index contributed by atoms with van der Waals surface area (Å²) in [7, 11) is -2.46. The molecule has 4 aromatic rings. The predicted molar refractivity (Wildman–Crippen MR) is 187 cm³/mol. The highest BCUT2D eigenvalue weighted by Crippen LogP contribution is 2.35. The molecule has 2 aliphatic rings. The molecule has 280 valence electrons. The van der Waals surface area contributed by atoms with Crippen molar-refractivity contribution in [2.24, 2.45) is 0 Å². The molecule has 6 rings (SSSR count). The van der Waals surface area contributed by atoms with Crippen LogP contribution in [-0.2, 0) is 34.1 Å². The highest BCUT2D eigenvalue weighted by Gasteiger charge is 2.35. The van der Waals surface area contributed by atoms with Gasteiger partial charge in [0.25, 0.3) is 0 Å². The van der Waals surface area contributed by atoms with Crippen LogP contribution in [0.5, 0.6) is 0 Å². The molecule has 0 aliphatic carbocycles. The number of amides is 3. The Morgan fingerprint density at radius 2 is 1.68 bits per heavy atom. The largest absolute Gasteiger partial charge is 0.421 e. The van der Waals surface area contributed by atoms with E-state index in [0.717, 1.165) is 22.4 Å². The van der Waals surface area contributed by atoms with Crippen molar-refractivity contribution in [2.45, 2.75) is 25.7 Å². The lowest BCUT2D eigenvalue weighted by molar-refractivity contribution is -0.137. The number of imide groups is 1. The third-order valence-electron chi connectivity index (χ3n) is 8.57. The average molecular weight is 759 g/mol. The van der Waals surface area contributed by atoms with Gasteiger partial charge in [0.1, 0.15) is 28.7 Å². The quantitative estimate of drug-likeness (QED) is 0.190.